The van der Waals surface area contributed by atoms with Gasteiger partial charge >= 0.3 is 0 Å². The molecule has 0 heterocycles. The minimum absolute atomic E-state index is 0.257. The van der Waals surface area contributed by atoms with E-state index in [-0.39, 0.29) is 6.10 Å². The van der Waals surface area contributed by atoms with Crippen LogP contribution in [-0.4, -0.2) is 12.4 Å². The molecular formula is C13H21NOS. The van der Waals surface area contributed by atoms with Gasteiger partial charge in [0.15, 0.2) is 0 Å². The van der Waals surface area contributed by atoms with Crippen molar-refractivity contribution in [3.05, 3.63) is 23.8 Å². The van der Waals surface area contributed by atoms with Gasteiger partial charge in [0.25, 0.3) is 0 Å². The third kappa shape index (κ3) is 3.42. The van der Waals surface area contributed by atoms with E-state index in [4.69, 9.17) is 10.5 Å². The highest BCUT2D eigenvalue weighted by Crippen LogP contribution is 2.29. The van der Waals surface area contributed by atoms with E-state index < -0.39 is 0 Å². The van der Waals surface area contributed by atoms with Crippen LogP contribution < -0.4 is 10.5 Å². The van der Waals surface area contributed by atoms with Gasteiger partial charge in [0.05, 0.1) is 6.10 Å². The van der Waals surface area contributed by atoms with Gasteiger partial charge in [-0.2, -0.15) is 0 Å². The second-order valence-corrected chi connectivity index (χ2v) is 4.71. The van der Waals surface area contributed by atoms with Crippen LogP contribution in [-0.2, 0) is 6.54 Å². The zero-order valence-corrected chi connectivity index (χ0v) is 11.1. The predicted molar refractivity (Wildman–Crippen MR) is 71.1 cm³/mol. The van der Waals surface area contributed by atoms with Gasteiger partial charge in [-0.1, -0.05) is 19.4 Å². The Morgan fingerprint density at radius 1 is 1.44 bits per heavy atom. The largest absolute Gasteiger partial charge is 0.490 e. The molecule has 1 rings (SSSR count). The maximum atomic E-state index is 5.93. The van der Waals surface area contributed by atoms with E-state index in [0.29, 0.717) is 6.54 Å². The number of thioether (sulfide) groups is 1. The Morgan fingerprint density at radius 2 is 2.19 bits per heavy atom. The average molecular weight is 239 g/mol. The summed E-state index contributed by atoms with van der Waals surface area (Å²) in [7, 11) is 0. The lowest BCUT2D eigenvalue weighted by molar-refractivity contribution is 0.207. The summed E-state index contributed by atoms with van der Waals surface area (Å²) < 4.78 is 5.93. The molecule has 0 aromatic heterocycles. The third-order valence-electron chi connectivity index (χ3n) is 2.54. The average Bonchev–Trinajstić information content (AvgIpc) is 2.29. The van der Waals surface area contributed by atoms with Crippen molar-refractivity contribution in [2.75, 3.05) is 6.26 Å². The van der Waals surface area contributed by atoms with Crippen LogP contribution in [0.1, 0.15) is 32.3 Å². The normalized spacial score (nSPS) is 12.5. The fourth-order valence-corrected chi connectivity index (χ4v) is 2.38. The Kier molecular flexibility index (Phi) is 5.71. The summed E-state index contributed by atoms with van der Waals surface area (Å²) in [5.74, 6) is 0.940. The van der Waals surface area contributed by atoms with Crippen molar-refractivity contribution in [2.45, 2.75) is 44.2 Å². The van der Waals surface area contributed by atoms with E-state index in [2.05, 4.69) is 26.2 Å². The molecule has 0 bridgehead atoms. The van der Waals surface area contributed by atoms with E-state index in [0.717, 1.165) is 24.2 Å². The zero-order chi connectivity index (χ0) is 12.0. The molecule has 2 N–H and O–H groups in total. The number of hydrogen-bond acceptors (Lipinski definition) is 3. The van der Waals surface area contributed by atoms with Gasteiger partial charge in [0.2, 0.25) is 0 Å². The van der Waals surface area contributed by atoms with Crippen LogP contribution in [0.25, 0.3) is 0 Å². The maximum absolute atomic E-state index is 5.93. The SMILES string of the molecule is CCCC(C)Oc1cccc(SC)c1CN. The summed E-state index contributed by atoms with van der Waals surface area (Å²) in [6.07, 6.45) is 4.54. The highest BCUT2D eigenvalue weighted by atomic mass is 32.2. The van der Waals surface area contributed by atoms with Crippen molar-refractivity contribution in [1.82, 2.24) is 0 Å². The third-order valence-corrected chi connectivity index (χ3v) is 3.36. The predicted octanol–water partition coefficient (Wildman–Crippen LogP) is 3.43. The van der Waals surface area contributed by atoms with Gasteiger partial charge in [0, 0.05) is 17.0 Å². The van der Waals surface area contributed by atoms with E-state index >= 15 is 0 Å². The number of rotatable bonds is 6. The summed E-state index contributed by atoms with van der Waals surface area (Å²) in [4.78, 5) is 1.21. The monoisotopic (exact) mass is 239 g/mol. The molecule has 1 aromatic carbocycles. The Labute approximate surface area is 103 Å². The molecule has 0 spiro atoms. The minimum Gasteiger partial charge on any atom is -0.490 e. The number of hydrogen-bond donors (Lipinski definition) is 1. The van der Waals surface area contributed by atoms with Gasteiger partial charge in [-0.05, 0) is 31.7 Å². The van der Waals surface area contributed by atoms with Crippen LogP contribution in [0.5, 0.6) is 5.75 Å². The van der Waals surface area contributed by atoms with Crippen LogP contribution in [0, 0.1) is 0 Å². The zero-order valence-electron chi connectivity index (χ0n) is 10.3. The molecule has 2 nitrogen and oxygen atoms in total. The van der Waals surface area contributed by atoms with Crippen LogP contribution >= 0.6 is 11.8 Å². The van der Waals surface area contributed by atoms with Crippen molar-refractivity contribution < 1.29 is 4.74 Å². The number of ether oxygens (including phenoxy) is 1. The van der Waals surface area contributed by atoms with Crippen molar-refractivity contribution in [3.8, 4) is 5.75 Å². The molecule has 0 saturated heterocycles. The van der Waals surface area contributed by atoms with Gasteiger partial charge in [0.1, 0.15) is 5.75 Å². The lowest BCUT2D eigenvalue weighted by Gasteiger charge is -2.18. The van der Waals surface area contributed by atoms with E-state index in [1.165, 1.54) is 4.90 Å². The molecule has 0 aliphatic carbocycles. The summed E-state index contributed by atoms with van der Waals surface area (Å²) in [5.41, 5.74) is 6.91. The summed E-state index contributed by atoms with van der Waals surface area (Å²) in [5, 5.41) is 0. The molecule has 0 saturated carbocycles. The minimum atomic E-state index is 0.257. The smallest absolute Gasteiger partial charge is 0.125 e. The highest BCUT2D eigenvalue weighted by Gasteiger charge is 2.10. The molecular weight excluding hydrogens is 218 g/mol. The molecule has 0 fully saturated rings. The Balaban J connectivity index is 2.86. The Bertz CT molecular complexity index is 328. The fourth-order valence-electron chi connectivity index (χ4n) is 1.73. The molecule has 16 heavy (non-hydrogen) atoms. The summed E-state index contributed by atoms with van der Waals surface area (Å²) in [6, 6.07) is 6.12. The van der Waals surface area contributed by atoms with E-state index in [1.807, 2.05) is 12.1 Å². The second kappa shape index (κ2) is 6.81. The topological polar surface area (TPSA) is 35.2 Å². The molecule has 3 heteroatoms. The van der Waals surface area contributed by atoms with E-state index in [9.17, 15) is 0 Å². The molecule has 1 unspecified atom stereocenters. The number of benzene rings is 1. The van der Waals surface area contributed by atoms with Gasteiger partial charge in [-0.3, -0.25) is 0 Å². The Hall–Kier alpha value is -0.670. The van der Waals surface area contributed by atoms with Crippen LogP contribution in [0.3, 0.4) is 0 Å². The van der Waals surface area contributed by atoms with Crippen molar-refractivity contribution in [1.29, 1.82) is 0 Å². The first-order valence-corrected chi connectivity index (χ1v) is 6.98. The van der Waals surface area contributed by atoms with Gasteiger partial charge in [-0.25, -0.2) is 0 Å². The maximum Gasteiger partial charge on any atom is 0.125 e. The van der Waals surface area contributed by atoms with Gasteiger partial charge < -0.3 is 10.5 Å². The summed E-state index contributed by atoms with van der Waals surface area (Å²) in [6.45, 7) is 4.81. The van der Waals surface area contributed by atoms with Gasteiger partial charge in [-0.15, -0.1) is 11.8 Å². The summed E-state index contributed by atoms with van der Waals surface area (Å²) >= 11 is 1.71. The standard InChI is InChI=1S/C13H21NOS/c1-4-6-10(2)15-12-7-5-8-13(16-3)11(12)9-14/h5,7-8,10H,4,6,9,14H2,1-3H3. The highest BCUT2D eigenvalue weighted by molar-refractivity contribution is 7.98. The lowest BCUT2D eigenvalue weighted by atomic mass is 10.2. The molecule has 0 radical (unpaired) electrons. The fraction of sp³-hybridized carbons (Fsp3) is 0.538. The number of nitrogens with two attached hydrogens (primary N) is 1. The second-order valence-electron chi connectivity index (χ2n) is 3.86. The van der Waals surface area contributed by atoms with Crippen LogP contribution in [0.2, 0.25) is 0 Å². The first kappa shape index (κ1) is 13.4. The Morgan fingerprint density at radius 3 is 2.75 bits per heavy atom. The molecule has 0 aliphatic heterocycles. The first-order valence-electron chi connectivity index (χ1n) is 5.75. The lowest BCUT2D eigenvalue weighted by Crippen LogP contribution is -2.13. The molecule has 0 amide bonds. The van der Waals surface area contributed by atoms with E-state index in [1.54, 1.807) is 11.8 Å². The van der Waals surface area contributed by atoms with Crippen LogP contribution in [0.15, 0.2) is 23.1 Å². The quantitative estimate of drug-likeness (QED) is 0.772. The molecule has 1 aromatic rings. The van der Waals surface area contributed by atoms with Crippen molar-refractivity contribution in [3.63, 3.8) is 0 Å². The van der Waals surface area contributed by atoms with Crippen LogP contribution in [0.4, 0.5) is 0 Å². The molecule has 90 valence electrons. The van der Waals surface area contributed by atoms with Crippen molar-refractivity contribution in [2.24, 2.45) is 5.73 Å². The molecule has 1 atom stereocenters. The van der Waals surface area contributed by atoms with Crippen molar-refractivity contribution >= 4 is 11.8 Å². The molecule has 0 aliphatic rings. The first-order chi connectivity index (χ1) is 7.72.